The second kappa shape index (κ2) is 8.87. The molecule has 0 N–H and O–H groups in total. The highest BCUT2D eigenvalue weighted by Crippen LogP contribution is 2.03. The highest BCUT2D eigenvalue weighted by atomic mass is 16.6. The molecule has 0 aromatic rings. The molecule has 0 aromatic carbocycles. The second-order valence-electron chi connectivity index (χ2n) is 4.56. The van der Waals surface area contributed by atoms with Gasteiger partial charge in [0.05, 0.1) is 13.2 Å². The Kier molecular flexibility index (Phi) is 7.43. The first kappa shape index (κ1) is 15.9. The van der Waals surface area contributed by atoms with Crippen LogP contribution < -0.4 is 0 Å². The van der Waals surface area contributed by atoms with Crippen molar-refractivity contribution < 1.29 is 19.1 Å². The number of carbonyl (C=O) groups is 2. The monoisotopic (exact) mass is 272 g/mol. The summed E-state index contributed by atoms with van der Waals surface area (Å²) in [4.78, 5) is 26.5. The SMILES string of the molecule is CCOC(=O)COCCN1CCCN(C(C)=O)CC1. The zero-order valence-corrected chi connectivity index (χ0v) is 11.9. The van der Waals surface area contributed by atoms with E-state index in [2.05, 4.69) is 4.90 Å². The molecule has 0 saturated carbocycles. The lowest BCUT2D eigenvalue weighted by atomic mass is 10.4. The van der Waals surface area contributed by atoms with Gasteiger partial charge < -0.3 is 14.4 Å². The third-order valence-corrected chi connectivity index (χ3v) is 3.11. The van der Waals surface area contributed by atoms with Crippen molar-refractivity contribution in [2.45, 2.75) is 20.3 Å². The van der Waals surface area contributed by atoms with Crippen LogP contribution in [-0.2, 0) is 19.1 Å². The Hall–Kier alpha value is -1.14. The smallest absolute Gasteiger partial charge is 0.332 e. The summed E-state index contributed by atoms with van der Waals surface area (Å²) >= 11 is 0. The molecule has 6 heteroatoms. The highest BCUT2D eigenvalue weighted by molar-refractivity contribution is 5.73. The van der Waals surface area contributed by atoms with E-state index in [9.17, 15) is 9.59 Å². The van der Waals surface area contributed by atoms with Gasteiger partial charge in [0.15, 0.2) is 0 Å². The van der Waals surface area contributed by atoms with Gasteiger partial charge in [-0.25, -0.2) is 4.79 Å². The van der Waals surface area contributed by atoms with Crippen molar-refractivity contribution in [3.8, 4) is 0 Å². The average Bonchev–Trinajstić information content (AvgIpc) is 2.60. The Morgan fingerprint density at radius 1 is 1.16 bits per heavy atom. The van der Waals surface area contributed by atoms with Crippen molar-refractivity contribution in [1.82, 2.24) is 9.80 Å². The topological polar surface area (TPSA) is 59.1 Å². The molecule has 0 spiro atoms. The summed E-state index contributed by atoms with van der Waals surface area (Å²) in [5, 5.41) is 0. The number of hydrogen-bond acceptors (Lipinski definition) is 5. The molecular formula is C13H24N2O4. The van der Waals surface area contributed by atoms with E-state index in [-0.39, 0.29) is 18.5 Å². The number of esters is 1. The fraction of sp³-hybridized carbons (Fsp3) is 0.846. The molecular weight excluding hydrogens is 248 g/mol. The molecule has 1 fully saturated rings. The number of rotatable bonds is 6. The Labute approximate surface area is 114 Å². The number of ether oxygens (including phenoxy) is 2. The van der Waals surface area contributed by atoms with Gasteiger partial charge in [-0.2, -0.15) is 0 Å². The molecule has 0 unspecified atom stereocenters. The van der Waals surface area contributed by atoms with E-state index in [1.807, 2.05) is 4.90 Å². The Balaban J connectivity index is 2.13. The molecule has 1 heterocycles. The van der Waals surface area contributed by atoms with Crippen molar-refractivity contribution >= 4 is 11.9 Å². The van der Waals surface area contributed by atoms with E-state index >= 15 is 0 Å². The minimum Gasteiger partial charge on any atom is -0.464 e. The lowest BCUT2D eigenvalue weighted by molar-refractivity contribution is -0.148. The maximum absolute atomic E-state index is 11.3. The summed E-state index contributed by atoms with van der Waals surface area (Å²) in [5.74, 6) is -0.179. The van der Waals surface area contributed by atoms with Crippen molar-refractivity contribution in [2.75, 3.05) is 52.5 Å². The van der Waals surface area contributed by atoms with Crippen LogP contribution in [-0.4, -0.2) is 74.2 Å². The van der Waals surface area contributed by atoms with Crippen LogP contribution in [0.25, 0.3) is 0 Å². The summed E-state index contributed by atoms with van der Waals surface area (Å²) in [5.41, 5.74) is 0. The van der Waals surface area contributed by atoms with Gasteiger partial charge in [0.25, 0.3) is 0 Å². The normalized spacial score (nSPS) is 17.1. The molecule has 19 heavy (non-hydrogen) atoms. The minimum atomic E-state index is -0.318. The van der Waals surface area contributed by atoms with Crippen LogP contribution in [0.4, 0.5) is 0 Å². The molecule has 1 saturated heterocycles. The Bertz CT molecular complexity index is 296. The summed E-state index contributed by atoms with van der Waals surface area (Å²) in [6.45, 7) is 8.51. The van der Waals surface area contributed by atoms with E-state index in [0.717, 1.165) is 39.1 Å². The third kappa shape index (κ3) is 6.54. The number of amides is 1. The zero-order valence-electron chi connectivity index (χ0n) is 11.9. The lowest BCUT2D eigenvalue weighted by Crippen LogP contribution is -2.35. The largest absolute Gasteiger partial charge is 0.464 e. The number of carbonyl (C=O) groups excluding carboxylic acids is 2. The van der Waals surface area contributed by atoms with Crippen LogP contribution in [0, 0.1) is 0 Å². The van der Waals surface area contributed by atoms with Gasteiger partial charge in [0.2, 0.25) is 5.91 Å². The van der Waals surface area contributed by atoms with Gasteiger partial charge in [-0.15, -0.1) is 0 Å². The average molecular weight is 272 g/mol. The Morgan fingerprint density at radius 2 is 1.95 bits per heavy atom. The Morgan fingerprint density at radius 3 is 2.63 bits per heavy atom. The van der Waals surface area contributed by atoms with E-state index in [1.54, 1.807) is 13.8 Å². The highest BCUT2D eigenvalue weighted by Gasteiger charge is 2.16. The van der Waals surface area contributed by atoms with Crippen molar-refractivity contribution in [2.24, 2.45) is 0 Å². The van der Waals surface area contributed by atoms with Crippen LogP contribution in [0.1, 0.15) is 20.3 Å². The van der Waals surface area contributed by atoms with Gasteiger partial charge in [0.1, 0.15) is 6.61 Å². The molecule has 110 valence electrons. The fourth-order valence-corrected chi connectivity index (χ4v) is 2.06. The second-order valence-corrected chi connectivity index (χ2v) is 4.56. The first-order valence-electron chi connectivity index (χ1n) is 6.84. The zero-order chi connectivity index (χ0) is 14.1. The van der Waals surface area contributed by atoms with Crippen LogP contribution >= 0.6 is 0 Å². The van der Waals surface area contributed by atoms with E-state index in [1.165, 1.54) is 0 Å². The summed E-state index contributed by atoms with van der Waals surface area (Å²) < 4.78 is 10.0. The molecule has 0 aromatic heterocycles. The van der Waals surface area contributed by atoms with Gasteiger partial charge in [0, 0.05) is 33.1 Å². The predicted molar refractivity (Wildman–Crippen MR) is 70.8 cm³/mol. The van der Waals surface area contributed by atoms with Gasteiger partial charge in [-0.3, -0.25) is 9.69 Å². The van der Waals surface area contributed by atoms with E-state index in [4.69, 9.17) is 9.47 Å². The minimum absolute atomic E-state index is 0.0151. The van der Waals surface area contributed by atoms with E-state index < -0.39 is 0 Å². The van der Waals surface area contributed by atoms with E-state index in [0.29, 0.717) is 13.2 Å². The summed E-state index contributed by atoms with van der Waals surface area (Å²) in [6.07, 6.45) is 0.984. The maximum atomic E-state index is 11.3. The quantitative estimate of drug-likeness (QED) is 0.508. The van der Waals surface area contributed by atoms with Crippen molar-refractivity contribution in [1.29, 1.82) is 0 Å². The first-order chi connectivity index (χ1) is 9.13. The molecule has 0 radical (unpaired) electrons. The molecule has 6 nitrogen and oxygen atoms in total. The summed E-state index contributed by atoms with van der Waals surface area (Å²) in [6, 6.07) is 0. The van der Waals surface area contributed by atoms with Crippen LogP contribution in [0.5, 0.6) is 0 Å². The van der Waals surface area contributed by atoms with Crippen molar-refractivity contribution in [3.63, 3.8) is 0 Å². The van der Waals surface area contributed by atoms with Crippen LogP contribution in [0.2, 0.25) is 0 Å². The standard InChI is InChI=1S/C13H24N2O4/c1-3-19-13(17)11-18-10-9-14-5-4-6-15(8-7-14)12(2)16/h3-11H2,1-2H3. The molecule has 1 aliphatic heterocycles. The van der Waals surface area contributed by atoms with Crippen molar-refractivity contribution in [3.05, 3.63) is 0 Å². The predicted octanol–water partition coefficient (Wildman–Crippen LogP) is 0.120. The van der Waals surface area contributed by atoms with Crippen LogP contribution in [0.3, 0.4) is 0 Å². The first-order valence-corrected chi connectivity index (χ1v) is 6.84. The fourth-order valence-electron chi connectivity index (χ4n) is 2.06. The number of nitrogens with zero attached hydrogens (tertiary/aromatic N) is 2. The van der Waals surface area contributed by atoms with Crippen LogP contribution in [0.15, 0.2) is 0 Å². The molecule has 0 atom stereocenters. The summed E-state index contributed by atoms with van der Waals surface area (Å²) in [7, 11) is 0. The molecule has 1 rings (SSSR count). The van der Waals surface area contributed by atoms with Gasteiger partial charge in [-0.1, -0.05) is 0 Å². The lowest BCUT2D eigenvalue weighted by Gasteiger charge is -2.20. The molecule has 1 amide bonds. The molecule has 0 aliphatic carbocycles. The number of hydrogen-bond donors (Lipinski definition) is 0. The van der Waals surface area contributed by atoms with Gasteiger partial charge in [-0.05, 0) is 19.9 Å². The molecule has 0 bridgehead atoms. The van der Waals surface area contributed by atoms with Gasteiger partial charge >= 0.3 is 5.97 Å². The maximum Gasteiger partial charge on any atom is 0.332 e. The third-order valence-electron chi connectivity index (χ3n) is 3.11. The molecule has 1 aliphatic rings.